The molecule has 0 saturated heterocycles. The summed E-state index contributed by atoms with van der Waals surface area (Å²) in [5.74, 6) is 0.869. The summed E-state index contributed by atoms with van der Waals surface area (Å²) in [7, 11) is 0. The fourth-order valence-corrected chi connectivity index (χ4v) is 2.30. The van der Waals surface area contributed by atoms with Crippen LogP contribution in [0.4, 0.5) is 0 Å². The highest BCUT2D eigenvalue weighted by molar-refractivity contribution is 9.10. The Balaban J connectivity index is 1.63. The van der Waals surface area contributed by atoms with Gasteiger partial charge in [0.25, 0.3) is 0 Å². The van der Waals surface area contributed by atoms with Crippen LogP contribution in [0, 0.1) is 0 Å². The van der Waals surface area contributed by atoms with E-state index in [1.165, 1.54) is 0 Å². The highest BCUT2D eigenvalue weighted by Gasteiger charge is 2.11. The summed E-state index contributed by atoms with van der Waals surface area (Å²) in [6, 6.07) is 8.49. The summed E-state index contributed by atoms with van der Waals surface area (Å²) in [5, 5.41) is 10.9. The van der Waals surface area contributed by atoms with E-state index in [2.05, 4.69) is 43.6 Å². The third-order valence-electron chi connectivity index (χ3n) is 3.09. The van der Waals surface area contributed by atoms with E-state index in [4.69, 9.17) is 0 Å². The average Bonchev–Trinajstić information content (AvgIpc) is 3.06. The molecule has 1 atom stereocenters. The first kappa shape index (κ1) is 13.2. The summed E-state index contributed by atoms with van der Waals surface area (Å²) < 4.78 is 2.94. The standard InChI is InChI=1S/C14H16BrN5/c1-10-6-16-14(19-10)17-7-11-8-18-20(9-11)13-4-2-12(15)3-5-13/h2-5,8-10H,6-7H2,1H3,(H2,16,17,19). The van der Waals surface area contributed by atoms with Gasteiger partial charge in [-0.15, -0.1) is 0 Å². The van der Waals surface area contributed by atoms with E-state index in [0.717, 1.165) is 34.8 Å². The zero-order chi connectivity index (χ0) is 13.9. The van der Waals surface area contributed by atoms with Crippen molar-refractivity contribution in [3.05, 3.63) is 46.7 Å². The van der Waals surface area contributed by atoms with Crippen LogP contribution in [0.15, 0.2) is 46.1 Å². The van der Waals surface area contributed by atoms with Gasteiger partial charge in [0.2, 0.25) is 0 Å². The summed E-state index contributed by atoms with van der Waals surface area (Å²) in [4.78, 5) is 4.37. The van der Waals surface area contributed by atoms with Gasteiger partial charge in [-0.2, -0.15) is 5.10 Å². The molecule has 0 radical (unpaired) electrons. The smallest absolute Gasteiger partial charge is 0.191 e. The minimum absolute atomic E-state index is 0.419. The van der Waals surface area contributed by atoms with Crippen LogP contribution < -0.4 is 10.6 Å². The minimum Gasteiger partial charge on any atom is -0.352 e. The maximum atomic E-state index is 4.38. The quantitative estimate of drug-likeness (QED) is 0.904. The molecule has 0 spiro atoms. The zero-order valence-electron chi connectivity index (χ0n) is 11.2. The van der Waals surface area contributed by atoms with Gasteiger partial charge in [-0.25, -0.2) is 4.68 Å². The van der Waals surface area contributed by atoms with Gasteiger partial charge in [0.05, 0.1) is 18.4 Å². The fourth-order valence-electron chi connectivity index (χ4n) is 2.03. The molecule has 2 heterocycles. The molecule has 1 aromatic carbocycles. The first-order valence-corrected chi connectivity index (χ1v) is 7.34. The number of nitrogens with one attached hydrogen (secondary N) is 2. The number of aromatic nitrogens is 2. The van der Waals surface area contributed by atoms with Crippen molar-refractivity contribution in [1.82, 2.24) is 20.4 Å². The topological polar surface area (TPSA) is 54.2 Å². The first-order chi connectivity index (χ1) is 9.70. The second-order valence-corrected chi connectivity index (χ2v) is 5.77. The second kappa shape index (κ2) is 5.66. The predicted molar refractivity (Wildman–Crippen MR) is 83.0 cm³/mol. The van der Waals surface area contributed by atoms with E-state index in [1.54, 1.807) is 0 Å². The molecule has 0 bridgehead atoms. The van der Waals surface area contributed by atoms with Crippen molar-refractivity contribution in [3.8, 4) is 5.69 Å². The van der Waals surface area contributed by atoms with Gasteiger partial charge < -0.3 is 10.6 Å². The van der Waals surface area contributed by atoms with Gasteiger partial charge in [0.15, 0.2) is 5.96 Å². The SMILES string of the molecule is CC1CN=C(NCc2cnn(-c3ccc(Br)cc3)c2)N1. The molecule has 104 valence electrons. The molecular weight excluding hydrogens is 318 g/mol. The van der Waals surface area contributed by atoms with E-state index in [1.807, 2.05) is 41.3 Å². The molecular formula is C14H16BrN5. The number of hydrogen-bond donors (Lipinski definition) is 2. The molecule has 20 heavy (non-hydrogen) atoms. The fraction of sp³-hybridized carbons (Fsp3) is 0.286. The van der Waals surface area contributed by atoms with E-state index in [-0.39, 0.29) is 0 Å². The zero-order valence-corrected chi connectivity index (χ0v) is 12.8. The van der Waals surface area contributed by atoms with Crippen LogP contribution in [0.25, 0.3) is 5.69 Å². The van der Waals surface area contributed by atoms with Crippen molar-refractivity contribution >= 4 is 21.9 Å². The molecule has 0 aliphatic carbocycles. The van der Waals surface area contributed by atoms with Crippen molar-refractivity contribution in [2.75, 3.05) is 6.54 Å². The highest BCUT2D eigenvalue weighted by atomic mass is 79.9. The van der Waals surface area contributed by atoms with Gasteiger partial charge in [-0.05, 0) is 31.2 Å². The molecule has 1 aliphatic rings. The van der Waals surface area contributed by atoms with Crippen molar-refractivity contribution in [2.24, 2.45) is 4.99 Å². The van der Waals surface area contributed by atoms with Crippen LogP contribution in [-0.2, 0) is 6.54 Å². The van der Waals surface area contributed by atoms with Crippen molar-refractivity contribution in [2.45, 2.75) is 19.5 Å². The molecule has 6 heteroatoms. The number of nitrogens with zero attached hydrogens (tertiary/aromatic N) is 3. The molecule has 0 amide bonds. The lowest BCUT2D eigenvalue weighted by Crippen LogP contribution is -2.37. The minimum atomic E-state index is 0.419. The van der Waals surface area contributed by atoms with Gasteiger partial charge >= 0.3 is 0 Å². The van der Waals surface area contributed by atoms with Gasteiger partial charge in [-0.3, -0.25) is 4.99 Å². The molecule has 3 rings (SSSR count). The number of rotatable bonds is 3. The summed E-state index contributed by atoms with van der Waals surface area (Å²) in [6.07, 6.45) is 3.89. The lowest BCUT2D eigenvalue weighted by Gasteiger charge is -2.07. The van der Waals surface area contributed by atoms with Crippen molar-refractivity contribution in [3.63, 3.8) is 0 Å². The lowest BCUT2D eigenvalue weighted by atomic mass is 10.3. The monoisotopic (exact) mass is 333 g/mol. The third kappa shape index (κ3) is 3.01. The molecule has 1 aromatic heterocycles. The Morgan fingerprint density at radius 1 is 1.40 bits per heavy atom. The Morgan fingerprint density at radius 3 is 2.90 bits per heavy atom. The van der Waals surface area contributed by atoms with Crippen LogP contribution in [0.2, 0.25) is 0 Å². The summed E-state index contributed by atoms with van der Waals surface area (Å²) >= 11 is 3.43. The largest absolute Gasteiger partial charge is 0.352 e. The summed E-state index contributed by atoms with van der Waals surface area (Å²) in [6.45, 7) is 3.67. The van der Waals surface area contributed by atoms with E-state index in [9.17, 15) is 0 Å². The number of aliphatic imine (C=N–C) groups is 1. The Kier molecular flexibility index (Phi) is 3.73. The average molecular weight is 334 g/mol. The predicted octanol–water partition coefficient (Wildman–Crippen LogP) is 2.07. The Hall–Kier alpha value is -1.82. The molecule has 5 nitrogen and oxygen atoms in total. The van der Waals surface area contributed by atoms with E-state index in [0.29, 0.717) is 6.04 Å². The normalized spacial score (nSPS) is 17.7. The Morgan fingerprint density at radius 2 is 2.20 bits per heavy atom. The number of halogens is 1. The van der Waals surface area contributed by atoms with Crippen LogP contribution in [0.3, 0.4) is 0 Å². The second-order valence-electron chi connectivity index (χ2n) is 4.86. The maximum Gasteiger partial charge on any atom is 0.191 e. The molecule has 0 saturated carbocycles. The van der Waals surface area contributed by atoms with Crippen molar-refractivity contribution < 1.29 is 0 Å². The molecule has 1 unspecified atom stereocenters. The number of guanidine groups is 1. The van der Waals surface area contributed by atoms with Crippen LogP contribution in [0.1, 0.15) is 12.5 Å². The summed E-state index contributed by atoms with van der Waals surface area (Å²) in [5.41, 5.74) is 2.17. The number of benzene rings is 1. The lowest BCUT2D eigenvalue weighted by molar-refractivity contribution is 0.713. The van der Waals surface area contributed by atoms with Gasteiger partial charge in [0.1, 0.15) is 0 Å². The Bertz CT molecular complexity index is 617. The highest BCUT2D eigenvalue weighted by Crippen LogP contribution is 2.14. The first-order valence-electron chi connectivity index (χ1n) is 6.55. The van der Waals surface area contributed by atoms with Gasteiger partial charge in [-0.1, -0.05) is 15.9 Å². The molecule has 0 fully saturated rings. The van der Waals surface area contributed by atoms with Crippen LogP contribution in [-0.4, -0.2) is 28.3 Å². The molecule has 2 aromatic rings. The maximum absolute atomic E-state index is 4.38. The molecule has 1 aliphatic heterocycles. The number of hydrogen-bond acceptors (Lipinski definition) is 4. The van der Waals surface area contributed by atoms with Crippen LogP contribution in [0.5, 0.6) is 0 Å². The molecule has 2 N–H and O–H groups in total. The van der Waals surface area contributed by atoms with E-state index >= 15 is 0 Å². The van der Waals surface area contributed by atoms with Crippen LogP contribution >= 0.6 is 15.9 Å². The van der Waals surface area contributed by atoms with Crippen molar-refractivity contribution in [1.29, 1.82) is 0 Å². The van der Waals surface area contributed by atoms with E-state index < -0.39 is 0 Å². The third-order valence-corrected chi connectivity index (χ3v) is 3.62. The Labute approximate surface area is 126 Å². The van der Waals surface area contributed by atoms with Gasteiger partial charge in [0, 0.05) is 28.8 Å².